The fraction of sp³-hybridized carbons (Fsp3) is 0.533. The molecule has 0 aromatic heterocycles. The van der Waals surface area contributed by atoms with Crippen molar-refractivity contribution in [1.29, 1.82) is 0 Å². The summed E-state index contributed by atoms with van der Waals surface area (Å²) < 4.78 is 5.20. The number of hydrogen-bond acceptors (Lipinski definition) is 3. The van der Waals surface area contributed by atoms with E-state index in [0.29, 0.717) is 13.0 Å². The van der Waals surface area contributed by atoms with Gasteiger partial charge in [0, 0.05) is 25.6 Å². The van der Waals surface area contributed by atoms with Gasteiger partial charge in [0.1, 0.15) is 5.75 Å². The third kappa shape index (κ3) is 5.75. The number of ether oxygens (including phenoxy) is 1. The van der Waals surface area contributed by atoms with Crippen molar-refractivity contribution in [2.45, 2.75) is 32.7 Å². The first-order chi connectivity index (χ1) is 9.17. The zero-order valence-electron chi connectivity index (χ0n) is 12.0. The van der Waals surface area contributed by atoms with E-state index in [-0.39, 0.29) is 11.9 Å². The predicted octanol–water partition coefficient (Wildman–Crippen LogP) is 2.26. The minimum atomic E-state index is 0.104. The lowest BCUT2D eigenvalue weighted by molar-refractivity contribution is -0.121. The second-order valence-corrected chi connectivity index (χ2v) is 4.55. The van der Waals surface area contributed by atoms with Gasteiger partial charge in [-0.15, -0.1) is 0 Å². The lowest BCUT2D eigenvalue weighted by atomic mass is 10.1. The Morgan fingerprint density at radius 1 is 1.37 bits per heavy atom. The quantitative estimate of drug-likeness (QED) is 0.757. The van der Waals surface area contributed by atoms with E-state index in [4.69, 9.17) is 4.74 Å². The average Bonchev–Trinajstić information content (AvgIpc) is 2.45. The molecule has 0 saturated heterocycles. The van der Waals surface area contributed by atoms with E-state index in [2.05, 4.69) is 23.6 Å². The number of amides is 1. The van der Waals surface area contributed by atoms with Crippen LogP contribution in [-0.4, -0.2) is 26.1 Å². The van der Waals surface area contributed by atoms with Crippen molar-refractivity contribution in [3.05, 3.63) is 29.8 Å². The van der Waals surface area contributed by atoms with Crippen LogP contribution in [-0.2, 0) is 4.79 Å². The largest absolute Gasteiger partial charge is 0.497 e. The molecule has 19 heavy (non-hydrogen) atoms. The van der Waals surface area contributed by atoms with Gasteiger partial charge in [0.15, 0.2) is 0 Å². The molecule has 0 heterocycles. The number of methoxy groups -OCH3 is 1. The summed E-state index contributed by atoms with van der Waals surface area (Å²) in [5, 5.41) is 6.21. The van der Waals surface area contributed by atoms with E-state index < -0.39 is 0 Å². The molecule has 0 bridgehead atoms. The molecule has 1 unspecified atom stereocenters. The smallest absolute Gasteiger partial charge is 0.221 e. The highest BCUT2D eigenvalue weighted by Gasteiger charge is 2.06. The van der Waals surface area contributed by atoms with Crippen LogP contribution >= 0.6 is 0 Å². The van der Waals surface area contributed by atoms with Crippen LogP contribution in [0.5, 0.6) is 5.75 Å². The fourth-order valence-corrected chi connectivity index (χ4v) is 1.78. The first kappa shape index (κ1) is 15.5. The maximum atomic E-state index is 11.4. The Hall–Kier alpha value is -1.55. The van der Waals surface area contributed by atoms with E-state index in [1.165, 1.54) is 0 Å². The molecule has 1 atom stereocenters. The third-order valence-corrected chi connectivity index (χ3v) is 2.97. The fourth-order valence-electron chi connectivity index (χ4n) is 1.78. The monoisotopic (exact) mass is 264 g/mol. The van der Waals surface area contributed by atoms with E-state index in [1.807, 2.05) is 25.1 Å². The first-order valence-corrected chi connectivity index (χ1v) is 6.81. The average molecular weight is 264 g/mol. The highest BCUT2D eigenvalue weighted by Crippen LogP contribution is 2.18. The number of benzene rings is 1. The molecule has 106 valence electrons. The van der Waals surface area contributed by atoms with Crippen LogP contribution in [0.4, 0.5) is 0 Å². The maximum absolute atomic E-state index is 11.4. The number of rotatable bonds is 8. The second-order valence-electron chi connectivity index (χ2n) is 4.55. The Bertz CT molecular complexity index is 393. The number of nitrogens with one attached hydrogen (secondary N) is 2. The summed E-state index contributed by atoms with van der Waals surface area (Å²) in [4.78, 5) is 11.4. The molecule has 1 aromatic rings. The summed E-state index contributed by atoms with van der Waals surface area (Å²) in [5.74, 6) is 0.957. The minimum Gasteiger partial charge on any atom is -0.497 e. The van der Waals surface area contributed by atoms with Crippen molar-refractivity contribution < 1.29 is 9.53 Å². The Kier molecular flexibility index (Phi) is 6.97. The Labute approximate surface area is 115 Å². The Morgan fingerprint density at radius 3 is 2.84 bits per heavy atom. The van der Waals surface area contributed by atoms with Gasteiger partial charge in [-0.05, 0) is 31.0 Å². The zero-order valence-corrected chi connectivity index (χ0v) is 12.0. The van der Waals surface area contributed by atoms with Gasteiger partial charge < -0.3 is 15.4 Å². The van der Waals surface area contributed by atoms with Crippen LogP contribution in [0, 0.1) is 0 Å². The number of hydrogen-bond donors (Lipinski definition) is 2. The highest BCUT2D eigenvalue weighted by molar-refractivity contribution is 5.75. The van der Waals surface area contributed by atoms with Crippen LogP contribution in [0.2, 0.25) is 0 Å². The van der Waals surface area contributed by atoms with Crippen LogP contribution in [0.3, 0.4) is 0 Å². The molecule has 1 aromatic carbocycles. The van der Waals surface area contributed by atoms with Gasteiger partial charge in [0.2, 0.25) is 5.91 Å². The van der Waals surface area contributed by atoms with Gasteiger partial charge in [0.25, 0.3) is 0 Å². The molecule has 0 spiro atoms. The summed E-state index contributed by atoms with van der Waals surface area (Å²) >= 11 is 0. The van der Waals surface area contributed by atoms with E-state index in [0.717, 1.165) is 24.3 Å². The van der Waals surface area contributed by atoms with Gasteiger partial charge >= 0.3 is 0 Å². The number of carbonyl (C=O) groups excluding carboxylic acids is 1. The van der Waals surface area contributed by atoms with Crippen LogP contribution in [0.15, 0.2) is 24.3 Å². The molecule has 0 aliphatic carbocycles. The molecule has 1 amide bonds. The lowest BCUT2D eigenvalue weighted by Gasteiger charge is -2.15. The van der Waals surface area contributed by atoms with Crippen LogP contribution in [0.1, 0.15) is 38.3 Å². The van der Waals surface area contributed by atoms with Crippen molar-refractivity contribution in [1.82, 2.24) is 10.6 Å². The highest BCUT2D eigenvalue weighted by atomic mass is 16.5. The second kappa shape index (κ2) is 8.53. The molecule has 1 rings (SSSR count). The van der Waals surface area contributed by atoms with Crippen LogP contribution < -0.4 is 15.4 Å². The zero-order chi connectivity index (χ0) is 14.1. The predicted molar refractivity (Wildman–Crippen MR) is 77.3 cm³/mol. The number of carbonyl (C=O) groups is 1. The molecular weight excluding hydrogens is 240 g/mol. The third-order valence-electron chi connectivity index (χ3n) is 2.97. The lowest BCUT2D eigenvalue weighted by Crippen LogP contribution is -2.29. The normalized spacial score (nSPS) is 11.9. The molecular formula is C15H24N2O2. The summed E-state index contributed by atoms with van der Waals surface area (Å²) in [6.07, 6.45) is 1.48. The summed E-state index contributed by atoms with van der Waals surface area (Å²) in [7, 11) is 1.66. The van der Waals surface area contributed by atoms with E-state index in [1.54, 1.807) is 7.11 Å². The molecule has 4 heteroatoms. The molecule has 0 saturated carbocycles. The van der Waals surface area contributed by atoms with E-state index >= 15 is 0 Å². The molecule has 0 fully saturated rings. The molecule has 0 radical (unpaired) electrons. The maximum Gasteiger partial charge on any atom is 0.221 e. The van der Waals surface area contributed by atoms with Gasteiger partial charge in [0.05, 0.1) is 7.11 Å². The Morgan fingerprint density at radius 2 is 2.16 bits per heavy atom. The topological polar surface area (TPSA) is 50.4 Å². The van der Waals surface area contributed by atoms with Crippen molar-refractivity contribution >= 4 is 5.91 Å². The first-order valence-electron chi connectivity index (χ1n) is 6.81. The minimum absolute atomic E-state index is 0.104. The van der Waals surface area contributed by atoms with Gasteiger partial charge in [-0.25, -0.2) is 0 Å². The standard InChI is InChI=1S/C15H24N2O2/c1-4-9-17-15(18)8-10-16-12(2)13-6-5-7-14(11-13)19-3/h5-7,11-12,16H,4,8-10H2,1-3H3,(H,17,18). The summed E-state index contributed by atoms with van der Waals surface area (Å²) in [6, 6.07) is 8.16. The SMILES string of the molecule is CCCNC(=O)CCNC(C)c1cccc(OC)c1. The van der Waals surface area contributed by atoms with Gasteiger partial charge in [-0.3, -0.25) is 4.79 Å². The van der Waals surface area contributed by atoms with Gasteiger partial charge in [-0.2, -0.15) is 0 Å². The van der Waals surface area contributed by atoms with Crippen molar-refractivity contribution in [2.75, 3.05) is 20.2 Å². The molecule has 0 aliphatic heterocycles. The Balaban J connectivity index is 2.34. The summed E-state index contributed by atoms with van der Waals surface area (Å²) in [6.45, 7) is 5.56. The molecule has 4 nitrogen and oxygen atoms in total. The van der Waals surface area contributed by atoms with Crippen molar-refractivity contribution in [3.63, 3.8) is 0 Å². The van der Waals surface area contributed by atoms with Gasteiger partial charge in [-0.1, -0.05) is 19.1 Å². The van der Waals surface area contributed by atoms with Crippen molar-refractivity contribution in [3.8, 4) is 5.75 Å². The summed E-state index contributed by atoms with van der Waals surface area (Å²) in [5.41, 5.74) is 1.16. The van der Waals surface area contributed by atoms with E-state index in [9.17, 15) is 4.79 Å². The molecule has 2 N–H and O–H groups in total. The van der Waals surface area contributed by atoms with Crippen LogP contribution in [0.25, 0.3) is 0 Å². The molecule has 0 aliphatic rings. The van der Waals surface area contributed by atoms with Crippen molar-refractivity contribution in [2.24, 2.45) is 0 Å².